The number of aryl methyl sites for hydroxylation is 2. The molecule has 4 nitrogen and oxygen atoms in total. The molecule has 0 saturated heterocycles. The molecule has 0 N–H and O–H groups in total. The quantitative estimate of drug-likeness (QED) is 0.715. The Kier molecular flexibility index (Phi) is 4.17. The number of carbonyl (C=O) groups is 1. The highest BCUT2D eigenvalue weighted by atomic mass is 16.5. The Labute approximate surface area is 153 Å². The molecule has 1 aromatic carbocycles. The molecule has 1 fully saturated rings. The van der Waals surface area contributed by atoms with Crippen LogP contribution in [0.2, 0.25) is 0 Å². The molecular weight excluding hydrogens is 328 g/mol. The maximum atomic E-state index is 13.0. The molecule has 0 radical (unpaired) electrons. The van der Waals surface area contributed by atoms with Gasteiger partial charge >= 0.3 is 5.63 Å². The number of rotatable bonds is 2. The number of hydrogen-bond acceptors (Lipinski definition) is 4. The van der Waals surface area contributed by atoms with Crippen LogP contribution in [-0.2, 0) is 6.42 Å². The normalized spacial score (nSPS) is 25.3. The average Bonchev–Trinajstić information content (AvgIpc) is 2.57. The number of fused-ring (bicyclic) bond motifs is 2. The van der Waals surface area contributed by atoms with Crippen molar-refractivity contribution in [3.8, 4) is 5.75 Å². The monoisotopic (exact) mass is 354 g/mol. The second kappa shape index (κ2) is 6.26. The maximum absolute atomic E-state index is 13.0. The van der Waals surface area contributed by atoms with E-state index >= 15 is 0 Å². The van der Waals surface area contributed by atoms with Gasteiger partial charge in [0.05, 0.1) is 12.0 Å². The topological polar surface area (TPSA) is 56.5 Å². The minimum Gasteiger partial charge on any atom is -0.486 e. The zero-order valence-electron chi connectivity index (χ0n) is 15.8. The van der Waals surface area contributed by atoms with Gasteiger partial charge in [-0.05, 0) is 50.2 Å². The second-order valence-corrected chi connectivity index (χ2v) is 8.18. The lowest BCUT2D eigenvalue weighted by Crippen LogP contribution is -2.45. The van der Waals surface area contributed by atoms with Gasteiger partial charge in [0.1, 0.15) is 16.9 Å². The molecule has 2 aromatic rings. The number of benzene rings is 1. The first-order valence-electron chi connectivity index (χ1n) is 9.75. The van der Waals surface area contributed by atoms with Crippen molar-refractivity contribution in [2.45, 2.75) is 71.3 Å². The molecule has 2 heterocycles. The van der Waals surface area contributed by atoms with E-state index in [9.17, 15) is 9.59 Å². The highest BCUT2D eigenvalue weighted by Crippen LogP contribution is 2.46. The lowest BCUT2D eigenvalue weighted by Gasteiger charge is -2.43. The van der Waals surface area contributed by atoms with Crippen LogP contribution in [0.4, 0.5) is 0 Å². The first-order chi connectivity index (χ1) is 12.4. The second-order valence-electron chi connectivity index (χ2n) is 8.18. The maximum Gasteiger partial charge on any atom is 0.336 e. The van der Waals surface area contributed by atoms with E-state index in [2.05, 4.69) is 13.8 Å². The third-order valence-corrected chi connectivity index (χ3v) is 5.97. The molecule has 1 aromatic heterocycles. The Morgan fingerprint density at radius 2 is 2.08 bits per heavy atom. The third-order valence-electron chi connectivity index (χ3n) is 5.97. The van der Waals surface area contributed by atoms with Gasteiger partial charge in [0.2, 0.25) is 0 Å². The third kappa shape index (κ3) is 2.76. The number of carbonyl (C=O) groups excluding carboxylic acids is 1. The van der Waals surface area contributed by atoms with Crippen molar-refractivity contribution in [2.75, 3.05) is 0 Å². The molecule has 4 rings (SSSR count). The van der Waals surface area contributed by atoms with E-state index in [1.54, 1.807) is 6.07 Å². The number of ether oxygens (including phenoxy) is 1. The molecule has 2 atom stereocenters. The molecule has 0 amide bonds. The van der Waals surface area contributed by atoms with Crippen LogP contribution >= 0.6 is 0 Å². The molecule has 26 heavy (non-hydrogen) atoms. The molecule has 4 heteroatoms. The lowest BCUT2D eigenvalue weighted by molar-refractivity contribution is -0.00127. The Bertz CT molecular complexity index is 939. The van der Waals surface area contributed by atoms with Crippen LogP contribution < -0.4 is 10.4 Å². The summed E-state index contributed by atoms with van der Waals surface area (Å²) in [6.45, 7) is 6.21. The molecule has 0 unspecified atom stereocenters. The lowest BCUT2D eigenvalue weighted by atomic mass is 9.74. The highest BCUT2D eigenvalue weighted by molar-refractivity contribution is 6.05. The predicted molar refractivity (Wildman–Crippen MR) is 101 cm³/mol. The zero-order valence-corrected chi connectivity index (χ0v) is 15.8. The summed E-state index contributed by atoms with van der Waals surface area (Å²) in [5.41, 5.74) is 2.20. The van der Waals surface area contributed by atoms with Gasteiger partial charge in [-0.25, -0.2) is 4.79 Å². The van der Waals surface area contributed by atoms with Crippen LogP contribution in [0.25, 0.3) is 11.0 Å². The molecule has 1 spiro atoms. The van der Waals surface area contributed by atoms with Gasteiger partial charge in [-0.15, -0.1) is 0 Å². The van der Waals surface area contributed by atoms with E-state index in [-0.39, 0.29) is 17.0 Å². The zero-order chi connectivity index (χ0) is 18.5. The molecule has 0 bridgehead atoms. The molecular formula is C22H26O4. The fraction of sp³-hybridized carbons (Fsp3) is 0.545. The van der Waals surface area contributed by atoms with E-state index in [4.69, 9.17) is 9.15 Å². The minimum absolute atomic E-state index is 0.152. The van der Waals surface area contributed by atoms with Crippen molar-refractivity contribution in [3.63, 3.8) is 0 Å². The summed E-state index contributed by atoms with van der Waals surface area (Å²) in [6.07, 6.45) is 6.28. The molecule has 1 aliphatic heterocycles. The molecule has 138 valence electrons. The summed E-state index contributed by atoms with van der Waals surface area (Å²) in [7, 11) is 0. The summed E-state index contributed by atoms with van der Waals surface area (Å²) in [6, 6.07) is 3.43. The summed E-state index contributed by atoms with van der Waals surface area (Å²) >= 11 is 0. The number of ketones is 1. The predicted octanol–water partition coefficient (Wildman–Crippen LogP) is 4.97. The van der Waals surface area contributed by atoms with Crippen molar-refractivity contribution in [2.24, 2.45) is 5.92 Å². The van der Waals surface area contributed by atoms with Gasteiger partial charge in [-0.3, -0.25) is 4.79 Å². The fourth-order valence-electron chi connectivity index (χ4n) is 4.82. The van der Waals surface area contributed by atoms with Gasteiger partial charge in [-0.2, -0.15) is 0 Å². The van der Waals surface area contributed by atoms with Crippen LogP contribution in [0.5, 0.6) is 5.75 Å². The van der Waals surface area contributed by atoms with Crippen LogP contribution in [0.3, 0.4) is 0 Å². The van der Waals surface area contributed by atoms with Gasteiger partial charge < -0.3 is 9.15 Å². The molecule has 1 aliphatic carbocycles. The van der Waals surface area contributed by atoms with E-state index in [0.29, 0.717) is 29.2 Å². The van der Waals surface area contributed by atoms with Crippen molar-refractivity contribution in [3.05, 3.63) is 39.2 Å². The van der Waals surface area contributed by atoms with Gasteiger partial charge in [0.25, 0.3) is 0 Å². The van der Waals surface area contributed by atoms with Crippen LogP contribution in [0.15, 0.2) is 21.3 Å². The number of hydrogen-bond donors (Lipinski definition) is 0. The standard InChI is InChI=1S/C22H26O4/c1-4-6-15-9-19(24)25-20-14(3)21-17(10-16(15)20)18(23)12-22(26-21)8-5-7-13(2)11-22/h9-10,13H,4-8,11-12H2,1-3H3/t13-,22-/m0/s1. The average molecular weight is 354 g/mol. The largest absolute Gasteiger partial charge is 0.486 e. The Hall–Kier alpha value is -2.10. The first-order valence-corrected chi connectivity index (χ1v) is 9.75. The van der Waals surface area contributed by atoms with Crippen molar-refractivity contribution >= 4 is 16.8 Å². The highest BCUT2D eigenvalue weighted by Gasteiger charge is 2.44. The van der Waals surface area contributed by atoms with E-state index in [0.717, 1.165) is 48.6 Å². The van der Waals surface area contributed by atoms with Crippen LogP contribution in [0.1, 0.15) is 73.9 Å². The van der Waals surface area contributed by atoms with Crippen molar-refractivity contribution in [1.29, 1.82) is 0 Å². The SMILES string of the molecule is CCCc1cc(=O)oc2c(C)c3c(cc12)C(=O)C[C@@]1(CCC[C@H](C)C1)O3. The van der Waals surface area contributed by atoms with Crippen LogP contribution in [-0.4, -0.2) is 11.4 Å². The van der Waals surface area contributed by atoms with E-state index in [1.807, 2.05) is 13.0 Å². The van der Waals surface area contributed by atoms with Crippen LogP contribution in [0, 0.1) is 12.8 Å². The van der Waals surface area contributed by atoms with E-state index in [1.165, 1.54) is 6.42 Å². The van der Waals surface area contributed by atoms with Gasteiger partial charge in [0.15, 0.2) is 5.78 Å². The van der Waals surface area contributed by atoms with Gasteiger partial charge in [-0.1, -0.05) is 26.7 Å². The summed E-state index contributed by atoms with van der Waals surface area (Å²) in [4.78, 5) is 25.1. The Morgan fingerprint density at radius 3 is 2.81 bits per heavy atom. The van der Waals surface area contributed by atoms with Crippen molar-refractivity contribution in [1.82, 2.24) is 0 Å². The van der Waals surface area contributed by atoms with E-state index < -0.39 is 0 Å². The summed E-state index contributed by atoms with van der Waals surface area (Å²) < 4.78 is 12.0. The summed E-state index contributed by atoms with van der Waals surface area (Å²) in [5.74, 6) is 1.34. The summed E-state index contributed by atoms with van der Waals surface area (Å²) in [5, 5.41) is 0.868. The fourth-order valence-corrected chi connectivity index (χ4v) is 4.82. The smallest absolute Gasteiger partial charge is 0.336 e. The number of Topliss-reactive ketones (excluding diaryl/α,β-unsaturated/α-hetero) is 1. The molecule has 1 saturated carbocycles. The minimum atomic E-state index is -0.387. The first kappa shape index (κ1) is 17.3. The Balaban J connectivity index is 1.90. The Morgan fingerprint density at radius 1 is 1.27 bits per heavy atom. The molecule has 2 aliphatic rings. The van der Waals surface area contributed by atoms with Crippen molar-refractivity contribution < 1.29 is 13.9 Å². The van der Waals surface area contributed by atoms with Gasteiger partial charge in [0, 0.05) is 17.0 Å².